The van der Waals surface area contributed by atoms with Crippen molar-refractivity contribution in [3.05, 3.63) is 0 Å². The Hall–Kier alpha value is -0.190. The molecule has 0 aliphatic carbocycles. The lowest BCUT2D eigenvalue weighted by Crippen LogP contribution is -2.40. The summed E-state index contributed by atoms with van der Waals surface area (Å²) in [6, 6.07) is 0. The minimum Gasteiger partial charge on any atom is -0.228 e. The molecule has 0 amide bonds. The summed E-state index contributed by atoms with van der Waals surface area (Å²) < 4.78 is 65.8. The van der Waals surface area contributed by atoms with Crippen LogP contribution >= 0.6 is 0 Å². The first-order chi connectivity index (χ1) is 6.34. The average Bonchev–Trinajstić information content (AvgIpc) is 1.75. The molecule has 0 bridgehead atoms. The predicted molar refractivity (Wildman–Crippen MR) is 56.3 cm³/mol. The molecule has 0 heterocycles. The quantitative estimate of drug-likeness (QED) is 0.619. The van der Waals surface area contributed by atoms with Crippen LogP contribution in [0.3, 0.4) is 0 Å². The lowest BCUT2D eigenvalue weighted by atomic mass is 10.8. The van der Waals surface area contributed by atoms with E-state index in [0.29, 0.717) is 0 Å². The fourth-order valence-electron chi connectivity index (χ4n) is 0.840. The molecule has 1 N–H and O–H groups in total. The Morgan fingerprint density at radius 3 is 1.40 bits per heavy atom. The van der Waals surface area contributed by atoms with Gasteiger partial charge in [0.1, 0.15) is 0 Å². The van der Waals surface area contributed by atoms with Gasteiger partial charge in [-0.2, -0.15) is 0 Å². The summed E-state index contributed by atoms with van der Waals surface area (Å²) in [5.41, 5.74) is 0. The van der Waals surface area contributed by atoms with Gasteiger partial charge in [-0.1, -0.05) is 0 Å². The highest BCUT2D eigenvalue weighted by atomic mass is 32.3. The number of hydrogen-bond donors (Lipinski definition) is 1. The average molecular weight is 279 g/mol. The third-order valence-corrected chi connectivity index (χ3v) is 6.50. The van der Waals surface area contributed by atoms with E-state index < -0.39 is 40.8 Å². The monoisotopic (exact) mass is 279 g/mol. The summed E-state index contributed by atoms with van der Waals surface area (Å²) in [6.45, 7) is -0.670. The maximum Gasteiger partial charge on any atom is 0.208 e. The SMILES string of the molecule is CS(=O)(=O)NCC(S(C)(=O)=O)S(C)(=O)=O. The Labute approximate surface area is 89.8 Å². The second kappa shape index (κ2) is 4.36. The van der Waals surface area contributed by atoms with Crippen LogP contribution in [-0.4, -0.2) is 55.1 Å². The largest absolute Gasteiger partial charge is 0.228 e. The zero-order valence-electron chi connectivity index (χ0n) is 8.46. The molecule has 0 atom stereocenters. The topological polar surface area (TPSA) is 114 Å². The Morgan fingerprint density at radius 2 is 1.20 bits per heavy atom. The predicted octanol–water partition coefficient (Wildman–Crippen LogP) is -2.05. The van der Waals surface area contributed by atoms with E-state index in [9.17, 15) is 25.3 Å². The summed E-state index contributed by atoms with van der Waals surface area (Å²) in [6.07, 6.45) is 2.29. The van der Waals surface area contributed by atoms with Gasteiger partial charge in [-0.05, 0) is 0 Å². The van der Waals surface area contributed by atoms with E-state index in [4.69, 9.17) is 0 Å². The van der Waals surface area contributed by atoms with Crippen molar-refractivity contribution in [1.29, 1.82) is 0 Å². The molecule has 0 unspecified atom stereocenters. The number of rotatable bonds is 5. The van der Waals surface area contributed by atoms with Gasteiger partial charge >= 0.3 is 0 Å². The van der Waals surface area contributed by atoms with Crippen molar-refractivity contribution < 1.29 is 25.3 Å². The molecule has 0 saturated carbocycles. The minimum atomic E-state index is -3.86. The van der Waals surface area contributed by atoms with Crippen molar-refractivity contribution in [2.45, 2.75) is 4.58 Å². The van der Waals surface area contributed by atoms with Crippen LogP contribution in [0.25, 0.3) is 0 Å². The fraction of sp³-hybridized carbons (Fsp3) is 1.00. The van der Waals surface area contributed by atoms with Gasteiger partial charge in [0.05, 0.1) is 6.26 Å². The van der Waals surface area contributed by atoms with E-state index in [0.717, 1.165) is 18.8 Å². The van der Waals surface area contributed by atoms with Crippen LogP contribution in [0.4, 0.5) is 0 Å². The highest BCUT2D eigenvalue weighted by Gasteiger charge is 2.31. The van der Waals surface area contributed by atoms with E-state index in [1.54, 1.807) is 0 Å². The number of sulfonamides is 1. The molecule has 15 heavy (non-hydrogen) atoms. The maximum absolute atomic E-state index is 11.1. The van der Waals surface area contributed by atoms with Crippen LogP contribution in [0.5, 0.6) is 0 Å². The number of hydrogen-bond acceptors (Lipinski definition) is 6. The molecule has 92 valence electrons. The van der Waals surface area contributed by atoms with Gasteiger partial charge in [0, 0.05) is 19.1 Å². The normalized spacial score (nSPS) is 14.4. The summed E-state index contributed by atoms with van der Waals surface area (Å²) in [7, 11) is -11.3. The van der Waals surface area contributed by atoms with Crippen LogP contribution in [0.15, 0.2) is 0 Å². The van der Waals surface area contributed by atoms with Crippen LogP contribution in [0, 0.1) is 0 Å². The van der Waals surface area contributed by atoms with Crippen LogP contribution in [-0.2, 0) is 29.7 Å². The second-order valence-corrected chi connectivity index (χ2v) is 9.80. The minimum absolute atomic E-state index is 0.670. The summed E-state index contributed by atoms with van der Waals surface area (Å²) in [5, 5.41) is 0. The molecule has 0 aromatic heterocycles. The fourth-order valence-corrected chi connectivity index (χ4v) is 4.83. The molecule has 0 aromatic rings. The molecule has 0 aliphatic rings. The summed E-state index contributed by atoms with van der Waals surface area (Å²) >= 11 is 0. The summed E-state index contributed by atoms with van der Waals surface area (Å²) in [5.74, 6) is 0. The van der Waals surface area contributed by atoms with Gasteiger partial charge in [-0.15, -0.1) is 0 Å². The molecule has 0 aliphatic heterocycles. The highest BCUT2D eigenvalue weighted by molar-refractivity contribution is 8.08. The van der Waals surface area contributed by atoms with Crippen molar-refractivity contribution in [1.82, 2.24) is 4.72 Å². The maximum atomic E-state index is 11.1. The molecule has 0 rings (SSSR count). The third kappa shape index (κ3) is 6.07. The van der Waals surface area contributed by atoms with E-state index in [1.807, 2.05) is 4.72 Å². The highest BCUT2D eigenvalue weighted by Crippen LogP contribution is 2.06. The Bertz CT molecular complexity index is 481. The molecule has 0 fully saturated rings. The van der Waals surface area contributed by atoms with Crippen molar-refractivity contribution >= 4 is 29.7 Å². The molecule has 10 heteroatoms. The first kappa shape index (κ1) is 14.8. The molecule has 0 radical (unpaired) electrons. The van der Waals surface area contributed by atoms with E-state index in [1.165, 1.54) is 0 Å². The molecular weight excluding hydrogens is 266 g/mol. The first-order valence-corrected chi connectivity index (χ1v) is 9.46. The van der Waals surface area contributed by atoms with E-state index in [-0.39, 0.29) is 0 Å². The van der Waals surface area contributed by atoms with Crippen molar-refractivity contribution in [3.63, 3.8) is 0 Å². The zero-order chi connectivity index (χ0) is 12.5. The van der Waals surface area contributed by atoms with Crippen molar-refractivity contribution in [2.24, 2.45) is 0 Å². The number of nitrogens with one attached hydrogen (secondary N) is 1. The van der Waals surface area contributed by atoms with E-state index in [2.05, 4.69) is 0 Å². The molecular formula is C5H13NO6S3. The van der Waals surface area contributed by atoms with Gasteiger partial charge in [0.25, 0.3) is 0 Å². The van der Waals surface area contributed by atoms with Gasteiger partial charge in [-0.25, -0.2) is 30.0 Å². The summed E-state index contributed by atoms with van der Waals surface area (Å²) in [4.78, 5) is 0. The lowest BCUT2D eigenvalue weighted by molar-refractivity contribution is 0.573. The van der Waals surface area contributed by atoms with Crippen LogP contribution < -0.4 is 4.72 Å². The Kier molecular flexibility index (Phi) is 4.30. The van der Waals surface area contributed by atoms with Crippen LogP contribution in [0.1, 0.15) is 0 Å². The van der Waals surface area contributed by atoms with Crippen molar-refractivity contribution in [2.75, 3.05) is 25.3 Å². The third-order valence-electron chi connectivity index (χ3n) is 1.47. The van der Waals surface area contributed by atoms with Gasteiger partial charge in [0.2, 0.25) is 10.0 Å². The Morgan fingerprint density at radius 1 is 0.867 bits per heavy atom. The second-order valence-electron chi connectivity index (χ2n) is 3.21. The first-order valence-electron chi connectivity index (χ1n) is 3.66. The van der Waals surface area contributed by atoms with Gasteiger partial charge in [0.15, 0.2) is 24.3 Å². The van der Waals surface area contributed by atoms with Crippen LogP contribution in [0.2, 0.25) is 0 Å². The molecule has 7 nitrogen and oxygen atoms in total. The standard InChI is InChI=1S/C5H13NO6S3/c1-13(7,8)5(14(2,9)10)4-6-15(3,11)12/h5-6H,4H2,1-3H3. The zero-order valence-corrected chi connectivity index (χ0v) is 10.9. The van der Waals surface area contributed by atoms with Gasteiger partial charge in [-0.3, -0.25) is 0 Å². The molecule has 0 spiro atoms. The number of sulfone groups is 2. The Balaban J connectivity index is 5.05. The smallest absolute Gasteiger partial charge is 0.208 e. The molecule has 0 aromatic carbocycles. The van der Waals surface area contributed by atoms with E-state index >= 15 is 0 Å². The van der Waals surface area contributed by atoms with Gasteiger partial charge < -0.3 is 0 Å². The van der Waals surface area contributed by atoms with Crippen molar-refractivity contribution in [3.8, 4) is 0 Å². The molecule has 0 saturated heterocycles. The lowest BCUT2D eigenvalue weighted by Gasteiger charge is -2.12.